The van der Waals surface area contributed by atoms with Crippen LogP contribution in [-0.2, 0) is 11.3 Å². The van der Waals surface area contributed by atoms with Crippen LogP contribution in [0.15, 0.2) is 45.6 Å². The number of carbonyl (C=O) groups is 1. The normalized spacial score (nSPS) is 11.0. The molecule has 0 aliphatic heterocycles. The van der Waals surface area contributed by atoms with E-state index in [-0.39, 0.29) is 35.5 Å². The highest BCUT2D eigenvalue weighted by Gasteiger charge is 2.18. The number of thiophene rings is 1. The van der Waals surface area contributed by atoms with Crippen LogP contribution < -0.4 is 9.47 Å². The third-order valence-corrected chi connectivity index (χ3v) is 5.76. The monoisotopic (exact) mass is 465 g/mol. The van der Waals surface area contributed by atoms with Gasteiger partial charge in [-0.25, -0.2) is 9.78 Å². The van der Waals surface area contributed by atoms with Crippen molar-refractivity contribution in [1.82, 2.24) is 15.1 Å². The number of thiazole rings is 1. The van der Waals surface area contributed by atoms with Gasteiger partial charge in [0.1, 0.15) is 5.01 Å². The number of hydrogen-bond donors (Lipinski definition) is 0. The van der Waals surface area contributed by atoms with E-state index in [9.17, 15) is 13.6 Å². The molecule has 0 atom stereocenters. The van der Waals surface area contributed by atoms with Crippen LogP contribution in [0.2, 0.25) is 0 Å². The first-order valence-electron chi connectivity index (χ1n) is 8.66. The summed E-state index contributed by atoms with van der Waals surface area (Å²) in [4.78, 5) is 21.6. The lowest BCUT2D eigenvalue weighted by molar-refractivity contribution is -0.0512. The number of ether oxygens (including phenoxy) is 3. The molecule has 12 heteroatoms. The Morgan fingerprint density at radius 1 is 1.19 bits per heavy atom. The first-order chi connectivity index (χ1) is 15.0. The summed E-state index contributed by atoms with van der Waals surface area (Å²) in [6, 6.07) is 8.03. The zero-order valence-corrected chi connectivity index (χ0v) is 17.4. The van der Waals surface area contributed by atoms with Crippen LogP contribution in [0.25, 0.3) is 21.3 Å². The number of aromatic nitrogens is 3. The van der Waals surface area contributed by atoms with Crippen molar-refractivity contribution in [3.05, 3.63) is 52.7 Å². The van der Waals surface area contributed by atoms with Crippen molar-refractivity contribution in [3.63, 3.8) is 0 Å². The number of alkyl halides is 2. The molecule has 4 aromatic rings. The summed E-state index contributed by atoms with van der Waals surface area (Å²) >= 11 is 2.87. The highest BCUT2D eigenvalue weighted by Crippen LogP contribution is 2.32. The standard InChI is InChI=1S/C19H13F2N3O5S2/c1-26-13-7-10(4-5-12(13)28-19(20)21)16-23-15(29-24-16)8-27-18(25)11-9-31-17(22-11)14-3-2-6-30-14/h2-7,9,19H,8H2,1H3. The molecule has 0 radical (unpaired) electrons. The average molecular weight is 465 g/mol. The molecule has 0 saturated carbocycles. The Labute approximate surface area is 182 Å². The highest BCUT2D eigenvalue weighted by molar-refractivity contribution is 7.20. The minimum absolute atomic E-state index is 0.0592. The number of esters is 1. The number of carbonyl (C=O) groups excluding carboxylic acids is 1. The molecule has 31 heavy (non-hydrogen) atoms. The van der Waals surface area contributed by atoms with E-state index in [0.29, 0.717) is 5.56 Å². The van der Waals surface area contributed by atoms with Gasteiger partial charge in [0.05, 0.1) is 12.0 Å². The van der Waals surface area contributed by atoms with Gasteiger partial charge in [0, 0.05) is 10.9 Å². The molecule has 160 valence electrons. The number of methoxy groups -OCH3 is 1. The zero-order valence-electron chi connectivity index (χ0n) is 15.8. The van der Waals surface area contributed by atoms with E-state index in [1.807, 2.05) is 17.5 Å². The van der Waals surface area contributed by atoms with Crippen LogP contribution in [0.4, 0.5) is 8.78 Å². The Morgan fingerprint density at radius 3 is 2.81 bits per heavy atom. The van der Waals surface area contributed by atoms with Crippen molar-refractivity contribution in [2.45, 2.75) is 13.2 Å². The predicted octanol–water partition coefficient (Wildman–Crippen LogP) is 4.89. The third-order valence-electron chi connectivity index (χ3n) is 3.88. The van der Waals surface area contributed by atoms with Crippen molar-refractivity contribution < 1.29 is 32.3 Å². The zero-order chi connectivity index (χ0) is 21.8. The second-order valence-electron chi connectivity index (χ2n) is 5.85. The van der Waals surface area contributed by atoms with Crippen molar-refractivity contribution in [1.29, 1.82) is 0 Å². The summed E-state index contributed by atoms with van der Waals surface area (Å²) in [7, 11) is 1.32. The van der Waals surface area contributed by atoms with E-state index >= 15 is 0 Å². The van der Waals surface area contributed by atoms with E-state index < -0.39 is 12.6 Å². The molecule has 0 bridgehead atoms. The van der Waals surface area contributed by atoms with Crippen LogP contribution in [0, 0.1) is 0 Å². The van der Waals surface area contributed by atoms with Crippen molar-refractivity contribution in [2.24, 2.45) is 0 Å². The fourth-order valence-electron chi connectivity index (χ4n) is 2.51. The highest BCUT2D eigenvalue weighted by atomic mass is 32.1. The van der Waals surface area contributed by atoms with Gasteiger partial charge in [0.15, 0.2) is 23.8 Å². The third kappa shape index (κ3) is 4.86. The molecule has 0 saturated heterocycles. The number of rotatable bonds is 8. The molecule has 8 nitrogen and oxygen atoms in total. The van der Waals surface area contributed by atoms with Gasteiger partial charge in [-0.05, 0) is 29.6 Å². The lowest BCUT2D eigenvalue weighted by Gasteiger charge is -2.10. The van der Waals surface area contributed by atoms with Gasteiger partial charge in [-0.2, -0.15) is 13.8 Å². The van der Waals surface area contributed by atoms with E-state index in [1.54, 1.807) is 5.38 Å². The van der Waals surface area contributed by atoms with Crippen LogP contribution in [0.1, 0.15) is 16.4 Å². The maximum absolute atomic E-state index is 12.4. The van der Waals surface area contributed by atoms with Gasteiger partial charge in [-0.15, -0.1) is 22.7 Å². The molecule has 0 aliphatic carbocycles. The number of halogens is 2. The fourth-order valence-corrected chi connectivity index (χ4v) is 4.12. The van der Waals surface area contributed by atoms with Gasteiger partial charge in [-0.3, -0.25) is 0 Å². The Morgan fingerprint density at radius 2 is 2.06 bits per heavy atom. The second kappa shape index (κ2) is 9.18. The van der Waals surface area contributed by atoms with E-state index in [0.717, 1.165) is 9.88 Å². The van der Waals surface area contributed by atoms with Crippen molar-refractivity contribution in [2.75, 3.05) is 7.11 Å². The molecule has 0 aliphatic rings. The lowest BCUT2D eigenvalue weighted by Crippen LogP contribution is -2.05. The maximum atomic E-state index is 12.4. The van der Waals surface area contributed by atoms with Crippen molar-refractivity contribution >= 4 is 28.6 Å². The summed E-state index contributed by atoms with van der Waals surface area (Å²) < 4.78 is 44.6. The van der Waals surface area contributed by atoms with Gasteiger partial charge in [0.25, 0.3) is 5.89 Å². The molecule has 0 spiro atoms. The fraction of sp³-hybridized carbons (Fsp3) is 0.158. The maximum Gasteiger partial charge on any atom is 0.387 e. The number of benzene rings is 1. The first kappa shape index (κ1) is 20.9. The number of nitrogens with zero attached hydrogens (tertiary/aromatic N) is 3. The van der Waals surface area contributed by atoms with E-state index in [4.69, 9.17) is 14.0 Å². The lowest BCUT2D eigenvalue weighted by atomic mass is 10.2. The van der Waals surface area contributed by atoms with Crippen LogP contribution in [0.5, 0.6) is 11.5 Å². The molecule has 1 aromatic carbocycles. The van der Waals surface area contributed by atoms with E-state index in [2.05, 4.69) is 19.9 Å². The summed E-state index contributed by atoms with van der Waals surface area (Å²) in [6.45, 7) is -3.23. The number of hydrogen-bond acceptors (Lipinski definition) is 10. The molecule has 3 heterocycles. The SMILES string of the molecule is COc1cc(-c2noc(COC(=O)c3csc(-c4cccs4)n3)n2)ccc1OC(F)F. The molecule has 4 rings (SSSR count). The van der Waals surface area contributed by atoms with Gasteiger partial charge in [-0.1, -0.05) is 11.2 Å². The summed E-state index contributed by atoms with van der Waals surface area (Å²) in [5, 5.41) is 8.08. The molecule has 0 fully saturated rings. The predicted molar refractivity (Wildman–Crippen MR) is 107 cm³/mol. The topological polar surface area (TPSA) is 96.6 Å². The summed E-state index contributed by atoms with van der Waals surface area (Å²) in [5.41, 5.74) is 0.632. The Kier molecular flexibility index (Phi) is 6.18. The summed E-state index contributed by atoms with van der Waals surface area (Å²) in [6.07, 6.45) is 0. The summed E-state index contributed by atoms with van der Waals surface area (Å²) in [5.74, 6) is -0.427. The van der Waals surface area contributed by atoms with E-state index in [1.165, 1.54) is 48.0 Å². The average Bonchev–Trinajstić information content (AvgIpc) is 3.53. The van der Waals surface area contributed by atoms with Crippen LogP contribution in [0.3, 0.4) is 0 Å². The smallest absolute Gasteiger partial charge is 0.387 e. The first-order valence-corrected chi connectivity index (χ1v) is 10.4. The minimum atomic E-state index is -2.98. The second-order valence-corrected chi connectivity index (χ2v) is 7.65. The Balaban J connectivity index is 1.41. The molecule has 0 amide bonds. The van der Waals surface area contributed by atoms with Crippen LogP contribution in [-0.4, -0.2) is 34.8 Å². The van der Waals surface area contributed by atoms with Gasteiger partial charge < -0.3 is 18.7 Å². The van der Waals surface area contributed by atoms with Gasteiger partial charge in [0.2, 0.25) is 5.82 Å². The molecule has 0 unspecified atom stereocenters. The van der Waals surface area contributed by atoms with Gasteiger partial charge >= 0.3 is 12.6 Å². The van der Waals surface area contributed by atoms with Crippen molar-refractivity contribution in [3.8, 4) is 32.8 Å². The molecule has 0 N–H and O–H groups in total. The molecule has 3 aromatic heterocycles. The minimum Gasteiger partial charge on any atom is -0.493 e. The Hall–Kier alpha value is -3.38. The molecular weight excluding hydrogens is 452 g/mol. The van der Waals surface area contributed by atoms with Crippen LogP contribution >= 0.6 is 22.7 Å². The Bertz CT molecular complexity index is 1180. The molecular formula is C19H13F2N3O5S2. The largest absolute Gasteiger partial charge is 0.493 e. The quantitative estimate of drug-likeness (QED) is 0.340.